The first kappa shape index (κ1) is 11.3. The number of methoxy groups -OCH3 is 1. The van der Waals surface area contributed by atoms with Crippen LogP contribution in [0.2, 0.25) is 0 Å². The van der Waals surface area contributed by atoms with Crippen LogP contribution in [-0.4, -0.2) is 30.2 Å². The molecule has 1 N–H and O–H groups in total. The van der Waals surface area contributed by atoms with Crippen LogP contribution in [0, 0.1) is 0 Å². The van der Waals surface area contributed by atoms with E-state index >= 15 is 0 Å². The lowest BCUT2D eigenvalue weighted by atomic mass is 10.4. The van der Waals surface area contributed by atoms with E-state index in [0.717, 1.165) is 17.1 Å². The lowest BCUT2D eigenvalue weighted by Crippen LogP contribution is -2.18. The quantitative estimate of drug-likeness (QED) is 0.775. The molecule has 0 unspecified atom stereocenters. The Morgan fingerprint density at radius 3 is 3.25 bits per heavy atom. The van der Waals surface area contributed by atoms with E-state index in [-0.39, 0.29) is 0 Å². The zero-order valence-corrected chi connectivity index (χ0v) is 9.79. The summed E-state index contributed by atoms with van der Waals surface area (Å²) < 4.78 is 10.3. The Hall–Kier alpha value is -1.24. The molecule has 2 aromatic heterocycles. The maximum atomic E-state index is 5.35. The molecule has 0 atom stereocenters. The molecular weight excluding hydrogens is 226 g/mol. The van der Waals surface area contributed by atoms with Crippen molar-refractivity contribution in [2.24, 2.45) is 0 Å². The Bertz CT molecular complexity index is 413. The number of ether oxygens (including phenoxy) is 1. The third kappa shape index (κ3) is 2.88. The van der Waals surface area contributed by atoms with E-state index in [1.165, 1.54) is 11.3 Å². The van der Waals surface area contributed by atoms with Gasteiger partial charge >= 0.3 is 0 Å². The highest BCUT2D eigenvalue weighted by Crippen LogP contribution is 2.21. The maximum Gasteiger partial charge on any atom is 0.238 e. The Balaban J connectivity index is 1.88. The highest BCUT2D eigenvalue weighted by atomic mass is 32.1. The fraction of sp³-hybridized carbons (Fsp3) is 0.400. The SMILES string of the molecule is COCCNCc1coc(-c2cncs2)n1. The van der Waals surface area contributed by atoms with Crippen molar-refractivity contribution in [3.05, 3.63) is 23.7 Å². The smallest absolute Gasteiger partial charge is 0.238 e. The minimum Gasteiger partial charge on any atom is -0.443 e. The number of rotatable bonds is 6. The van der Waals surface area contributed by atoms with Crippen LogP contribution in [0.4, 0.5) is 0 Å². The van der Waals surface area contributed by atoms with E-state index in [4.69, 9.17) is 9.15 Å². The van der Waals surface area contributed by atoms with Crippen molar-refractivity contribution in [1.82, 2.24) is 15.3 Å². The molecule has 0 bridgehead atoms. The summed E-state index contributed by atoms with van der Waals surface area (Å²) in [6.07, 6.45) is 3.41. The second kappa shape index (κ2) is 5.74. The molecule has 2 heterocycles. The van der Waals surface area contributed by atoms with Gasteiger partial charge in [-0.25, -0.2) is 4.98 Å². The Morgan fingerprint density at radius 2 is 2.50 bits per heavy atom. The molecule has 16 heavy (non-hydrogen) atoms. The van der Waals surface area contributed by atoms with E-state index in [0.29, 0.717) is 19.0 Å². The van der Waals surface area contributed by atoms with E-state index in [1.54, 1.807) is 25.1 Å². The molecule has 0 saturated heterocycles. The van der Waals surface area contributed by atoms with Crippen LogP contribution in [0.3, 0.4) is 0 Å². The van der Waals surface area contributed by atoms with Gasteiger partial charge in [-0.15, -0.1) is 11.3 Å². The molecule has 0 spiro atoms. The van der Waals surface area contributed by atoms with Gasteiger partial charge in [-0.2, -0.15) is 0 Å². The highest BCUT2D eigenvalue weighted by Gasteiger charge is 2.07. The molecule has 0 aromatic carbocycles. The van der Waals surface area contributed by atoms with Gasteiger partial charge in [-0.1, -0.05) is 0 Å². The summed E-state index contributed by atoms with van der Waals surface area (Å²) in [6, 6.07) is 0. The normalized spacial score (nSPS) is 10.8. The number of nitrogens with one attached hydrogen (secondary N) is 1. The van der Waals surface area contributed by atoms with Crippen LogP contribution in [0.25, 0.3) is 10.8 Å². The Kier molecular flexibility index (Phi) is 4.03. The van der Waals surface area contributed by atoms with Gasteiger partial charge in [-0.05, 0) is 0 Å². The molecule has 2 rings (SSSR count). The van der Waals surface area contributed by atoms with E-state index in [9.17, 15) is 0 Å². The van der Waals surface area contributed by atoms with Gasteiger partial charge in [0.05, 0.1) is 24.0 Å². The van der Waals surface area contributed by atoms with Crippen LogP contribution < -0.4 is 5.32 Å². The van der Waals surface area contributed by atoms with Gasteiger partial charge < -0.3 is 14.5 Å². The van der Waals surface area contributed by atoms with Crippen LogP contribution >= 0.6 is 11.3 Å². The molecule has 0 amide bonds. The maximum absolute atomic E-state index is 5.35. The van der Waals surface area contributed by atoms with Crippen molar-refractivity contribution in [2.45, 2.75) is 6.54 Å². The second-order valence-electron chi connectivity index (χ2n) is 3.18. The molecule has 0 saturated carbocycles. The molecule has 0 aliphatic rings. The summed E-state index contributed by atoms with van der Waals surface area (Å²) in [5.74, 6) is 0.631. The number of hydrogen-bond acceptors (Lipinski definition) is 6. The number of aromatic nitrogens is 2. The minimum atomic E-state index is 0.631. The first-order chi connectivity index (χ1) is 7.90. The fourth-order valence-electron chi connectivity index (χ4n) is 1.21. The van der Waals surface area contributed by atoms with Crippen molar-refractivity contribution >= 4 is 11.3 Å². The van der Waals surface area contributed by atoms with Crippen LogP contribution in [-0.2, 0) is 11.3 Å². The third-order valence-electron chi connectivity index (χ3n) is 1.98. The molecular formula is C10H13N3O2S. The van der Waals surface area contributed by atoms with E-state index in [1.807, 2.05) is 0 Å². The fourth-order valence-corrected chi connectivity index (χ4v) is 1.76. The summed E-state index contributed by atoms with van der Waals surface area (Å²) in [7, 11) is 1.68. The van der Waals surface area contributed by atoms with Crippen LogP contribution in [0.15, 0.2) is 22.4 Å². The number of nitrogens with zero attached hydrogens (tertiary/aromatic N) is 2. The first-order valence-corrected chi connectivity index (χ1v) is 5.81. The van der Waals surface area contributed by atoms with E-state index < -0.39 is 0 Å². The van der Waals surface area contributed by atoms with Crippen molar-refractivity contribution in [3.8, 4) is 10.8 Å². The van der Waals surface area contributed by atoms with Gasteiger partial charge in [-0.3, -0.25) is 4.98 Å². The molecule has 0 fully saturated rings. The number of hydrogen-bond donors (Lipinski definition) is 1. The summed E-state index contributed by atoms with van der Waals surface area (Å²) >= 11 is 1.51. The average molecular weight is 239 g/mol. The molecule has 6 heteroatoms. The molecule has 0 aliphatic heterocycles. The van der Waals surface area contributed by atoms with Gasteiger partial charge in [0.15, 0.2) is 0 Å². The third-order valence-corrected chi connectivity index (χ3v) is 2.75. The van der Waals surface area contributed by atoms with Crippen LogP contribution in [0.5, 0.6) is 0 Å². The summed E-state index contributed by atoms with van der Waals surface area (Å²) in [5.41, 5.74) is 2.65. The molecule has 2 aromatic rings. The van der Waals surface area contributed by atoms with Crippen LogP contribution in [0.1, 0.15) is 5.69 Å². The van der Waals surface area contributed by atoms with Crippen molar-refractivity contribution in [1.29, 1.82) is 0 Å². The zero-order chi connectivity index (χ0) is 11.2. The largest absolute Gasteiger partial charge is 0.443 e. The molecule has 0 aliphatic carbocycles. The first-order valence-electron chi connectivity index (χ1n) is 4.93. The standard InChI is InChI=1S/C10H13N3O2S/c1-14-3-2-11-4-8-6-15-10(13-8)9-5-12-7-16-9/h5-7,11H,2-4H2,1H3. The molecule has 86 valence electrons. The van der Waals surface area contributed by atoms with Crippen molar-refractivity contribution in [2.75, 3.05) is 20.3 Å². The lowest BCUT2D eigenvalue weighted by molar-refractivity contribution is 0.199. The summed E-state index contributed by atoms with van der Waals surface area (Å²) in [6.45, 7) is 2.18. The molecule has 5 nitrogen and oxygen atoms in total. The van der Waals surface area contributed by atoms with E-state index in [2.05, 4.69) is 15.3 Å². The number of oxazole rings is 1. The average Bonchev–Trinajstić information content (AvgIpc) is 2.94. The van der Waals surface area contributed by atoms with Crippen molar-refractivity contribution < 1.29 is 9.15 Å². The monoisotopic (exact) mass is 239 g/mol. The zero-order valence-electron chi connectivity index (χ0n) is 8.97. The predicted octanol–water partition coefficient (Wildman–Crippen LogP) is 1.53. The predicted molar refractivity (Wildman–Crippen MR) is 61.2 cm³/mol. The summed E-state index contributed by atoms with van der Waals surface area (Å²) in [4.78, 5) is 9.28. The molecule has 0 radical (unpaired) electrons. The van der Waals surface area contributed by atoms with Crippen molar-refractivity contribution in [3.63, 3.8) is 0 Å². The minimum absolute atomic E-state index is 0.631. The van der Waals surface area contributed by atoms with Gasteiger partial charge in [0.1, 0.15) is 11.1 Å². The van der Waals surface area contributed by atoms with Gasteiger partial charge in [0.25, 0.3) is 0 Å². The number of thiazole rings is 1. The topological polar surface area (TPSA) is 60.2 Å². The Labute approximate surface area is 97.5 Å². The second-order valence-corrected chi connectivity index (χ2v) is 4.07. The lowest BCUT2D eigenvalue weighted by Gasteiger charge is -1.99. The highest BCUT2D eigenvalue weighted by molar-refractivity contribution is 7.13. The summed E-state index contributed by atoms with van der Waals surface area (Å²) in [5, 5.41) is 3.20. The Morgan fingerprint density at radius 1 is 1.56 bits per heavy atom. The van der Waals surface area contributed by atoms with Gasteiger partial charge in [0.2, 0.25) is 5.89 Å². The van der Waals surface area contributed by atoms with Gasteiger partial charge in [0, 0.05) is 20.2 Å².